The first kappa shape index (κ1) is 13.5. The predicted octanol–water partition coefficient (Wildman–Crippen LogP) is 2.72. The highest BCUT2D eigenvalue weighted by atomic mass is 16.7. The third kappa shape index (κ3) is 1.86. The van der Waals surface area contributed by atoms with Gasteiger partial charge in [-0.25, -0.2) is 0 Å². The maximum atomic E-state index is 12.5. The van der Waals surface area contributed by atoms with Gasteiger partial charge in [0.1, 0.15) is 0 Å². The summed E-state index contributed by atoms with van der Waals surface area (Å²) < 4.78 is 11.3. The summed E-state index contributed by atoms with van der Waals surface area (Å²) in [5.74, 6) is -0.173. The number of fused-ring (bicyclic) bond motifs is 1. The molecule has 0 aromatic heterocycles. The van der Waals surface area contributed by atoms with E-state index in [1.165, 1.54) is 0 Å². The fourth-order valence-electron chi connectivity index (χ4n) is 3.32. The van der Waals surface area contributed by atoms with E-state index < -0.39 is 5.79 Å². The maximum absolute atomic E-state index is 12.5. The van der Waals surface area contributed by atoms with Gasteiger partial charge in [-0.3, -0.25) is 4.79 Å². The zero-order chi connectivity index (χ0) is 13.3. The van der Waals surface area contributed by atoms with Crippen LogP contribution in [0.2, 0.25) is 0 Å². The highest BCUT2D eigenvalue weighted by molar-refractivity contribution is 5.99. The Kier molecular flexibility index (Phi) is 3.74. The Bertz CT molecular complexity index is 391. The monoisotopic (exact) mass is 250 g/mol. The molecule has 2 rings (SSSR count). The number of ketones is 1. The molecule has 0 saturated heterocycles. The van der Waals surface area contributed by atoms with Gasteiger partial charge in [0.2, 0.25) is 0 Å². The minimum atomic E-state index is -0.747. The lowest BCUT2D eigenvalue weighted by Gasteiger charge is -2.46. The molecule has 0 aromatic carbocycles. The van der Waals surface area contributed by atoms with Gasteiger partial charge in [0.25, 0.3) is 0 Å². The van der Waals surface area contributed by atoms with Gasteiger partial charge < -0.3 is 9.47 Å². The highest BCUT2D eigenvalue weighted by Gasteiger charge is 2.51. The first-order valence-electron chi connectivity index (χ1n) is 6.62. The Labute approximate surface area is 109 Å². The minimum absolute atomic E-state index is 0.0187. The van der Waals surface area contributed by atoms with Gasteiger partial charge in [-0.15, -0.1) is 0 Å². The van der Waals surface area contributed by atoms with Crippen LogP contribution >= 0.6 is 0 Å². The van der Waals surface area contributed by atoms with Crippen molar-refractivity contribution in [3.63, 3.8) is 0 Å². The summed E-state index contributed by atoms with van der Waals surface area (Å²) in [6.07, 6.45) is 7.72. The molecule has 0 aliphatic heterocycles. The molecule has 0 aromatic rings. The van der Waals surface area contributed by atoms with Crippen LogP contribution in [0.4, 0.5) is 0 Å². The number of carbonyl (C=O) groups excluding carboxylic acids is 1. The number of hydrogen-bond acceptors (Lipinski definition) is 3. The summed E-state index contributed by atoms with van der Waals surface area (Å²) in [5, 5.41) is 0. The largest absolute Gasteiger partial charge is 0.349 e. The van der Waals surface area contributed by atoms with E-state index in [9.17, 15) is 4.79 Å². The standard InChI is InChI=1S/C15H22O3/c1-5-11-9-15(17-3,18-4)12-8-6-7-10(2)13(12)14(11)16/h6-7,9-10,12-13H,5,8H2,1-4H3/t10-,12+,13-/m1/s1. The Morgan fingerprint density at radius 3 is 2.61 bits per heavy atom. The number of rotatable bonds is 3. The van der Waals surface area contributed by atoms with Crippen LogP contribution in [0, 0.1) is 17.8 Å². The average Bonchev–Trinajstić information content (AvgIpc) is 2.40. The van der Waals surface area contributed by atoms with Crippen molar-refractivity contribution in [2.75, 3.05) is 14.2 Å². The van der Waals surface area contributed by atoms with E-state index in [2.05, 4.69) is 19.1 Å². The van der Waals surface area contributed by atoms with Crippen LogP contribution in [0.1, 0.15) is 26.7 Å². The van der Waals surface area contributed by atoms with Gasteiger partial charge in [-0.2, -0.15) is 0 Å². The van der Waals surface area contributed by atoms with Gasteiger partial charge in [-0.1, -0.05) is 26.0 Å². The van der Waals surface area contributed by atoms with Crippen molar-refractivity contribution in [1.29, 1.82) is 0 Å². The summed E-state index contributed by atoms with van der Waals surface area (Å²) in [6, 6.07) is 0. The van der Waals surface area contributed by atoms with Crippen molar-refractivity contribution < 1.29 is 14.3 Å². The van der Waals surface area contributed by atoms with Gasteiger partial charge in [0.05, 0.1) is 0 Å². The lowest BCUT2D eigenvalue weighted by molar-refractivity contribution is -0.221. The fourth-order valence-corrected chi connectivity index (χ4v) is 3.32. The summed E-state index contributed by atoms with van der Waals surface area (Å²) in [7, 11) is 3.31. The van der Waals surface area contributed by atoms with Gasteiger partial charge >= 0.3 is 0 Å². The molecule has 0 fully saturated rings. The normalized spacial score (nSPS) is 34.1. The molecule has 0 spiro atoms. The lowest BCUT2D eigenvalue weighted by atomic mass is 9.65. The van der Waals surface area contributed by atoms with Crippen LogP contribution in [-0.4, -0.2) is 25.8 Å². The molecule has 2 aliphatic rings. The van der Waals surface area contributed by atoms with E-state index in [0.717, 1.165) is 18.4 Å². The fraction of sp³-hybridized carbons (Fsp3) is 0.667. The summed E-state index contributed by atoms with van der Waals surface area (Å²) in [6.45, 7) is 4.10. The first-order valence-corrected chi connectivity index (χ1v) is 6.62. The van der Waals surface area contributed by atoms with Crippen LogP contribution in [0.3, 0.4) is 0 Å². The topological polar surface area (TPSA) is 35.5 Å². The number of Topliss-reactive ketones (excluding diaryl/α,β-unsaturated/α-hetero) is 1. The van der Waals surface area contributed by atoms with E-state index in [1.807, 2.05) is 13.0 Å². The number of hydrogen-bond donors (Lipinski definition) is 0. The van der Waals surface area contributed by atoms with E-state index in [1.54, 1.807) is 14.2 Å². The van der Waals surface area contributed by atoms with Crippen molar-refractivity contribution in [3.8, 4) is 0 Å². The molecular weight excluding hydrogens is 228 g/mol. The van der Waals surface area contributed by atoms with Crippen LogP contribution in [0.25, 0.3) is 0 Å². The van der Waals surface area contributed by atoms with Crippen molar-refractivity contribution in [2.45, 2.75) is 32.5 Å². The third-order valence-corrected chi connectivity index (χ3v) is 4.36. The molecule has 3 nitrogen and oxygen atoms in total. The van der Waals surface area contributed by atoms with E-state index in [0.29, 0.717) is 0 Å². The molecule has 3 heteroatoms. The summed E-state index contributed by atoms with van der Waals surface area (Å²) in [4.78, 5) is 12.5. The maximum Gasteiger partial charge on any atom is 0.191 e. The van der Waals surface area contributed by atoms with Crippen molar-refractivity contribution >= 4 is 5.78 Å². The minimum Gasteiger partial charge on any atom is -0.349 e. The molecule has 0 unspecified atom stereocenters. The van der Waals surface area contributed by atoms with Crippen LogP contribution < -0.4 is 0 Å². The van der Waals surface area contributed by atoms with Crippen LogP contribution in [0.15, 0.2) is 23.8 Å². The Hall–Kier alpha value is -0.930. The zero-order valence-electron chi connectivity index (χ0n) is 11.6. The number of allylic oxidation sites excluding steroid dienone is 3. The SMILES string of the molecule is CCC1=CC(OC)(OC)[C@H]2CC=C[C@@H](C)[C@H]2C1=O. The number of carbonyl (C=O) groups is 1. The molecule has 0 radical (unpaired) electrons. The molecule has 3 atom stereocenters. The molecule has 0 amide bonds. The summed E-state index contributed by atoms with van der Waals surface area (Å²) >= 11 is 0. The molecule has 0 saturated carbocycles. The molecule has 0 N–H and O–H groups in total. The smallest absolute Gasteiger partial charge is 0.191 e. The van der Waals surface area contributed by atoms with Gasteiger partial charge in [-0.05, 0) is 30.4 Å². The number of methoxy groups -OCH3 is 2. The second kappa shape index (κ2) is 4.98. The van der Waals surface area contributed by atoms with E-state index in [4.69, 9.17) is 9.47 Å². The lowest BCUT2D eigenvalue weighted by Crippen LogP contribution is -2.52. The zero-order valence-corrected chi connectivity index (χ0v) is 11.6. The predicted molar refractivity (Wildman–Crippen MR) is 70.0 cm³/mol. The molecule has 0 bridgehead atoms. The van der Waals surface area contributed by atoms with Gasteiger partial charge in [0.15, 0.2) is 11.6 Å². The van der Waals surface area contributed by atoms with Crippen molar-refractivity contribution in [1.82, 2.24) is 0 Å². The Morgan fingerprint density at radius 2 is 2.06 bits per heavy atom. The van der Waals surface area contributed by atoms with Crippen molar-refractivity contribution in [3.05, 3.63) is 23.8 Å². The van der Waals surface area contributed by atoms with E-state index in [-0.39, 0.29) is 23.5 Å². The van der Waals surface area contributed by atoms with E-state index >= 15 is 0 Å². The molecule has 18 heavy (non-hydrogen) atoms. The third-order valence-electron chi connectivity index (χ3n) is 4.36. The van der Waals surface area contributed by atoms with Crippen LogP contribution in [-0.2, 0) is 14.3 Å². The Balaban J connectivity index is 2.50. The molecule has 100 valence electrons. The molecule has 2 aliphatic carbocycles. The first-order chi connectivity index (χ1) is 8.59. The quantitative estimate of drug-likeness (QED) is 0.570. The van der Waals surface area contributed by atoms with Crippen molar-refractivity contribution in [2.24, 2.45) is 17.8 Å². The number of ether oxygens (including phenoxy) is 2. The second-order valence-corrected chi connectivity index (χ2v) is 5.17. The van der Waals surface area contributed by atoms with Gasteiger partial charge in [0, 0.05) is 26.1 Å². The average molecular weight is 250 g/mol. The second-order valence-electron chi connectivity index (χ2n) is 5.17. The highest BCUT2D eigenvalue weighted by Crippen LogP contribution is 2.46. The molecule has 0 heterocycles. The Morgan fingerprint density at radius 1 is 1.39 bits per heavy atom. The molecular formula is C15H22O3. The van der Waals surface area contributed by atoms with Crippen LogP contribution in [0.5, 0.6) is 0 Å². The summed E-state index contributed by atoms with van der Waals surface area (Å²) in [5.41, 5.74) is 0.835.